The lowest BCUT2D eigenvalue weighted by Crippen LogP contribution is -2.33. The van der Waals surface area contributed by atoms with Crippen LogP contribution in [0, 0.1) is 0 Å². The average Bonchev–Trinajstić information content (AvgIpc) is 3.59. The molecule has 0 bridgehead atoms. The van der Waals surface area contributed by atoms with E-state index < -0.39 is 11.9 Å². The van der Waals surface area contributed by atoms with Gasteiger partial charge in [0.1, 0.15) is 17.4 Å². The maximum absolute atomic E-state index is 14.1. The van der Waals surface area contributed by atoms with Gasteiger partial charge in [-0.25, -0.2) is 10.1 Å². The molecule has 4 N–H and O–H groups in total. The van der Waals surface area contributed by atoms with E-state index in [2.05, 4.69) is 20.4 Å². The van der Waals surface area contributed by atoms with E-state index in [4.69, 9.17) is 5.73 Å². The van der Waals surface area contributed by atoms with Gasteiger partial charge in [0.2, 0.25) is 0 Å². The minimum Gasteiger partial charge on any atom is -0.382 e. The SMILES string of the molecule is CC(NC(=O)c1c(N)[nH][n+]2cccnc12)c1cc2cccc(C=Cc3nccs3)c2c(=O)n1-c1ccccc1. The van der Waals surface area contributed by atoms with E-state index >= 15 is 0 Å². The molecule has 4 aromatic heterocycles. The third-order valence-corrected chi connectivity index (χ3v) is 7.22. The van der Waals surface area contributed by atoms with Gasteiger partial charge in [0.25, 0.3) is 11.5 Å². The van der Waals surface area contributed by atoms with Crippen LogP contribution in [0.1, 0.15) is 39.6 Å². The van der Waals surface area contributed by atoms with Crippen molar-refractivity contribution >= 4 is 51.6 Å². The number of benzene rings is 2. The molecule has 10 heteroatoms. The highest BCUT2D eigenvalue weighted by Gasteiger charge is 2.27. The van der Waals surface area contributed by atoms with E-state index in [1.807, 2.05) is 79.1 Å². The Bertz CT molecular complexity index is 1910. The van der Waals surface area contributed by atoms with Crippen LogP contribution in [0.25, 0.3) is 34.3 Å². The monoisotopic (exact) mass is 534 g/mol. The quantitative estimate of drug-likeness (QED) is 0.277. The Labute approximate surface area is 226 Å². The predicted molar refractivity (Wildman–Crippen MR) is 153 cm³/mol. The largest absolute Gasteiger partial charge is 0.382 e. The summed E-state index contributed by atoms with van der Waals surface area (Å²) in [4.78, 5) is 36.1. The molecule has 39 heavy (non-hydrogen) atoms. The van der Waals surface area contributed by atoms with Gasteiger partial charge in [0.15, 0.2) is 11.4 Å². The molecule has 0 aliphatic rings. The normalized spacial score (nSPS) is 12.3. The second-order valence-corrected chi connectivity index (χ2v) is 9.90. The molecule has 4 heterocycles. The number of aromatic nitrogens is 5. The maximum Gasteiger partial charge on any atom is 0.362 e. The molecule has 2 aromatic carbocycles. The zero-order valence-corrected chi connectivity index (χ0v) is 21.7. The molecular weight excluding hydrogens is 510 g/mol. The maximum atomic E-state index is 14.1. The number of hydrogen-bond donors (Lipinski definition) is 3. The second kappa shape index (κ2) is 9.99. The topological polar surface area (TPSA) is 123 Å². The fourth-order valence-corrected chi connectivity index (χ4v) is 5.24. The number of nitrogens with one attached hydrogen (secondary N) is 2. The van der Waals surface area contributed by atoms with Crippen molar-refractivity contribution in [2.45, 2.75) is 13.0 Å². The number of aromatic amines is 1. The standard InChI is InChI=1S/C29H23N7O2S/c1-18(33-28(37)25-26(30)34-35-15-6-13-32-27(25)35)22-17-20-8-5-7-19(11-12-23-31-14-16-39-23)24(20)29(38)36(22)21-9-3-2-4-10-21/h2-18H,1H3,(H3,30,33,34,37)/p+1. The van der Waals surface area contributed by atoms with Gasteiger partial charge in [-0.05, 0) is 47.1 Å². The number of nitrogen functional groups attached to an aromatic ring is 1. The first kappa shape index (κ1) is 24.3. The van der Waals surface area contributed by atoms with Crippen LogP contribution in [0.5, 0.6) is 0 Å². The highest BCUT2D eigenvalue weighted by molar-refractivity contribution is 7.10. The molecule has 0 aliphatic carbocycles. The van der Waals surface area contributed by atoms with Crippen LogP contribution in [-0.4, -0.2) is 25.5 Å². The van der Waals surface area contributed by atoms with Crippen molar-refractivity contribution in [3.63, 3.8) is 0 Å². The van der Waals surface area contributed by atoms with Crippen LogP contribution in [0.2, 0.25) is 0 Å². The Hall–Kier alpha value is -5.09. The lowest BCUT2D eigenvalue weighted by atomic mass is 10.0. The van der Waals surface area contributed by atoms with E-state index in [-0.39, 0.29) is 16.9 Å². The number of anilines is 1. The number of thiazole rings is 1. The molecule has 0 aliphatic heterocycles. The number of nitrogens with zero attached hydrogens (tertiary/aromatic N) is 4. The minimum absolute atomic E-state index is 0.182. The molecule has 6 aromatic rings. The Kier molecular flexibility index (Phi) is 6.22. The first-order chi connectivity index (χ1) is 19.0. The number of amides is 1. The third-order valence-electron chi connectivity index (χ3n) is 6.48. The fourth-order valence-electron chi connectivity index (χ4n) is 4.71. The molecule has 1 atom stereocenters. The van der Waals surface area contributed by atoms with Gasteiger partial charge < -0.3 is 11.1 Å². The smallest absolute Gasteiger partial charge is 0.362 e. The highest BCUT2D eigenvalue weighted by atomic mass is 32.1. The summed E-state index contributed by atoms with van der Waals surface area (Å²) in [6.07, 6.45) is 8.89. The summed E-state index contributed by atoms with van der Waals surface area (Å²) in [5, 5.41) is 10.1. The van der Waals surface area contributed by atoms with Crippen LogP contribution in [-0.2, 0) is 0 Å². The highest BCUT2D eigenvalue weighted by Crippen LogP contribution is 2.25. The van der Waals surface area contributed by atoms with Gasteiger partial charge in [-0.15, -0.1) is 15.9 Å². The van der Waals surface area contributed by atoms with Gasteiger partial charge >= 0.3 is 5.65 Å². The molecule has 0 spiro atoms. The predicted octanol–water partition coefficient (Wildman–Crippen LogP) is 4.15. The molecule has 0 radical (unpaired) electrons. The Balaban J connectivity index is 1.47. The van der Waals surface area contributed by atoms with Crippen molar-refractivity contribution in [2.24, 2.45) is 0 Å². The molecular formula is C29H24N7O2S+. The molecule has 0 saturated carbocycles. The molecule has 9 nitrogen and oxygen atoms in total. The molecule has 1 unspecified atom stereocenters. The average molecular weight is 535 g/mol. The van der Waals surface area contributed by atoms with Gasteiger partial charge in [-0.1, -0.05) is 42.5 Å². The van der Waals surface area contributed by atoms with Crippen LogP contribution in [0.3, 0.4) is 0 Å². The van der Waals surface area contributed by atoms with E-state index in [0.717, 1.165) is 16.0 Å². The van der Waals surface area contributed by atoms with E-state index in [0.29, 0.717) is 22.4 Å². The Morgan fingerprint density at radius 1 is 1.10 bits per heavy atom. The molecule has 0 saturated heterocycles. The Morgan fingerprint density at radius 2 is 1.95 bits per heavy atom. The minimum atomic E-state index is -0.539. The van der Waals surface area contributed by atoms with Gasteiger partial charge in [0, 0.05) is 29.0 Å². The number of nitrogens with two attached hydrogens (primary N) is 1. The fraction of sp³-hybridized carbons (Fsp3) is 0.0690. The molecule has 6 rings (SSSR count). The number of carbonyl (C=O) groups excluding carboxylic acids is 1. The first-order valence-corrected chi connectivity index (χ1v) is 13.2. The molecule has 1 amide bonds. The molecule has 0 fully saturated rings. The zero-order chi connectivity index (χ0) is 26.9. The number of para-hydroxylation sites is 1. The number of pyridine rings is 1. The van der Waals surface area contributed by atoms with Crippen LogP contribution in [0.15, 0.2) is 89.4 Å². The second-order valence-electron chi connectivity index (χ2n) is 8.97. The van der Waals surface area contributed by atoms with E-state index in [1.54, 1.807) is 33.7 Å². The van der Waals surface area contributed by atoms with Crippen LogP contribution < -0.4 is 21.1 Å². The van der Waals surface area contributed by atoms with Crippen molar-refractivity contribution in [1.82, 2.24) is 25.0 Å². The number of carbonyl (C=O) groups is 1. The first-order valence-electron chi connectivity index (χ1n) is 12.3. The van der Waals surface area contributed by atoms with Gasteiger partial charge in [0.05, 0.1) is 11.4 Å². The van der Waals surface area contributed by atoms with Crippen molar-refractivity contribution in [2.75, 3.05) is 5.73 Å². The van der Waals surface area contributed by atoms with Gasteiger partial charge in [-0.2, -0.15) is 0 Å². The summed E-state index contributed by atoms with van der Waals surface area (Å²) in [5.41, 5.74) is 8.71. The summed E-state index contributed by atoms with van der Waals surface area (Å²) in [6.45, 7) is 1.84. The van der Waals surface area contributed by atoms with Crippen LogP contribution in [0.4, 0.5) is 5.82 Å². The summed E-state index contributed by atoms with van der Waals surface area (Å²) in [5.74, 6) is -0.196. The van der Waals surface area contributed by atoms with Crippen molar-refractivity contribution in [3.8, 4) is 5.69 Å². The molecule has 192 valence electrons. The lowest BCUT2D eigenvalue weighted by Gasteiger charge is -2.21. The van der Waals surface area contributed by atoms with Crippen molar-refractivity contribution < 1.29 is 9.31 Å². The Morgan fingerprint density at radius 3 is 2.74 bits per heavy atom. The number of hydrogen-bond acceptors (Lipinski definition) is 6. The zero-order valence-electron chi connectivity index (χ0n) is 20.9. The lowest BCUT2D eigenvalue weighted by molar-refractivity contribution is -0.577. The van der Waals surface area contributed by atoms with E-state index in [9.17, 15) is 9.59 Å². The third kappa shape index (κ3) is 4.47. The van der Waals surface area contributed by atoms with Crippen LogP contribution >= 0.6 is 11.3 Å². The summed E-state index contributed by atoms with van der Waals surface area (Å²) < 4.78 is 3.24. The number of rotatable bonds is 6. The number of fused-ring (bicyclic) bond motifs is 2. The van der Waals surface area contributed by atoms with Crippen molar-refractivity contribution in [1.29, 1.82) is 0 Å². The summed E-state index contributed by atoms with van der Waals surface area (Å²) >= 11 is 1.53. The van der Waals surface area contributed by atoms with Gasteiger partial charge in [-0.3, -0.25) is 14.2 Å². The number of H-pyrrole nitrogens is 1. The van der Waals surface area contributed by atoms with E-state index in [1.165, 1.54) is 11.3 Å². The van der Waals surface area contributed by atoms with Crippen molar-refractivity contribution in [3.05, 3.63) is 117 Å². The summed E-state index contributed by atoms with van der Waals surface area (Å²) in [6, 6.07) is 18.3. The summed E-state index contributed by atoms with van der Waals surface area (Å²) in [7, 11) is 0.